The van der Waals surface area contributed by atoms with Gasteiger partial charge in [-0.2, -0.15) is 0 Å². The van der Waals surface area contributed by atoms with Crippen molar-refractivity contribution in [1.82, 2.24) is 9.88 Å². The van der Waals surface area contributed by atoms with E-state index in [1.165, 1.54) is 17.7 Å². The van der Waals surface area contributed by atoms with Crippen molar-refractivity contribution in [1.29, 1.82) is 0 Å². The van der Waals surface area contributed by atoms with Crippen LogP contribution >= 0.6 is 11.3 Å². The molecule has 1 saturated heterocycles. The number of amides is 1. The Bertz CT molecular complexity index is 1050. The second-order valence-corrected chi connectivity index (χ2v) is 10.3. The number of rotatable bonds is 6. The van der Waals surface area contributed by atoms with E-state index in [1.807, 2.05) is 32.2 Å². The quantitative estimate of drug-likeness (QED) is 0.502. The van der Waals surface area contributed by atoms with Gasteiger partial charge in [0.1, 0.15) is 5.82 Å². The van der Waals surface area contributed by atoms with Gasteiger partial charge in [-0.25, -0.2) is 9.37 Å². The molecule has 0 atom stereocenters. The monoisotopic (exact) mass is 466 g/mol. The number of carbonyl (C=O) groups excluding carboxylic acids is 1. The van der Waals surface area contributed by atoms with Crippen LogP contribution in [-0.4, -0.2) is 42.0 Å². The average molecular weight is 467 g/mol. The predicted molar refractivity (Wildman–Crippen MR) is 133 cm³/mol. The third-order valence-electron chi connectivity index (χ3n) is 5.78. The standard InChI is InChI=1S/C26H31FN4OS/c1-26(2,3)24(32)31(23-11-9-21(27)10-12-23)18-22-19-33-25(28-22)30-15-13-29(14-16-30)17-20-7-5-4-6-8-20/h4-12,19H,13-18H2,1-3H3. The molecule has 0 radical (unpaired) electrons. The van der Waals surface area contributed by atoms with Crippen LogP contribution in [0.1, 0.15) is 32.0 Å². The Morgan fingerprint density at radius 3 is 2.33 bits per heavy atom. The van der Waals surface area contributed by atoms with Gasteiger partial charge >= 0.3 is 0 Å². The molecule has 0 aliphatic carbocycles. The number of benzene rings is 2. The molecule has 0 spiro atoms. The van der Waals surface area contributed by atoms with Crippen molar-refractivity contribution in [3.63, 3.8) is 0 Å². The maximum absolute atomic E-state index is 13.4. The summed E-state index contributed by atoms with van der Waals surface area (Å²) in [5.74, 6) is -0.331. The first-order chi connectivity index (χ1) is 15.8. The van der Waals surface area contributed by atoms with Crippen molar-refractivity contribution in [3.8, 4) is 0 Å². The summed E-state index contributed by atoms with van der Waals surface area (Å²) in [5, 5.41) is 3.02. The first-order valence-corrected chi connectivity index (χ1v) is 12.2. The Hall–Kier alpha value is -2.77. The lowest BCUT2D eigenvalue weighted by Crippen LogP contribution is -2.46. The molecule has 1 aromatic heterocycles. The van der Waals surface area contributed by atoms with Gasteiger partial charge in [0.25, 0.3) is 0 Å². The van der Waals surface area contributed by atoms with Crippen LogP contribution in [0.2, 0.25) is 0 Å². The molecular weight excluding hydrogens is 435 g/mol. The van der Waals surface area contributed by atoms with E-state index in [0.29, 0.717) is 12.2 Å². The molecule has 1 aliphatic rings. The second-order valence-electron chi connectivity index (χ2n) is 9.49. The number of carbonyl (C=O) groups is 1. The first-order valence-electron chi connectivity index (χ1n) is 11.3. The Labute approximate surface area is 199 Å². The average Bonchev–Trinajstić information content (AvgIpc) is 3.27. The number of anilines is 2. The number of hydrogen-bond donors (Lipinski definition) is 0. The van der Waals surface area contributed by atoms with E-state index < -0.39 is 5.41 Å². The minimum Gasteiger partial charge on any atom is -0.346 e. The summed E-state index contributed by atoms with van der Waals surface area (Å²) in [6.45, 7) is 10.9. The second kappa shape index (κ2) is 10.0. The number of nitrogens with zero attached hydrogens (tertiary/aromatic N) is 4. The van der Waals surface area contributed by atoms with Crippen LogP contribution in [0.5, 0.6) is 0 Å². The SMILES string of the molecule is CC(C)(C)C(=O)N(Cc1csc(N2CCN(Cc3ccccc3)CC2)n1)c1ccc(F)cc1. The number of hydrogen-bond acceptors (Lipinski definition) is 5. The molecule has 2 aromatic carbocycles. The van der Waals surface area contributed by atoms with Crippen molar-refractivity contribution in [2.45, 2.75) is 33.9 Å². The first kappa shape index (κ1) is 23.4. The number of aromatic nitrogens is 1. The number of thiazole rings is 1. The van der Waals surface area contributed by atoms with Crippen molar-refractivity contribution in [2.24, 2.45) is 5.41 Å². The maximum Gasteiger partial charge on any atom is 0.232 e. The highest BCUT2D eigenvalue weighted by Gasteiger charge is 2.29. The molecule has 0 N–H and O–H groups in total. The highest BCUT2D eigenvalue weighted by Crippen LogP contribution is 2.28. The fraction of sp³-hybridized carbons (Fsp3) is 0.385. The van der Waals surface area contributed by atoms with Crippen LogP contribution in [0.25, 0.3) is 0 Å². The van der Waals surface area contributed by atoms with E-state index in [4.69, 9.17) is 4.98 Å². The fourth-order valence-electron chi connectivity index (χ4n) is 3.92. The zero-order valence-electron chi connectivity index (χ0n) is 19.5. The molecule has 1 fully saturated rings. The molecule has 5 nitrogen and oxygen atoms in total. The summed E-state index contributed by atoms with van der Waals surface area (Å²) < 4.78 is 13.4. The fourth-order valence-corrected chi connectivity index (χ4v) is 4.79. The summed E-state index contributed by atoms with van der Waals surface area (Å²) in [4.78, 5) is 24.5. The van der Waals surface area contributed by atoms with Crippen molar-refractivity contribution in [2.75, 3.05) is 36.0 Å². The molecule has 0 saturated carbocycles. The highest BCUT2D eigenvalue weighted by atomic mass is 32.1. The molecule has 2 heterocycles. The van der Waals surface area contributed by atoms with Gasteiger partial charge in [0.2, 0.25) is 5.91 Å². The normalized spacial score (nSPS) is 15.0. The molecule has 1 aliphatic heterocycles. The van der Waals surface area contributed by atoms with Gasteiger partial charge in [0, 0.05) is 49.2 Å². The molecule has 3 aromatic rings. The van der Waals surface area contributed by atoms with Crippen LogP contribution in [0.3, 0.4) is 0 Å². The Morgan fingerprint density at radius 2 is 1.70 bits per heavy atom. The van der Waals surface area contributed by atoms with Crippen LogP contribution in [0, 0.1) is 11.2 Å². The summed E-state index contributed by atoms with van der Waals surface area (Å²) >= 11 is 1.62. The molecule has 7 heteroatoms. The summed E-state index contributed by atoms with van der Waals surface area (Å²) in [5.41, 5.74) is 2.32. The Morgan fingerprint density at radius 1 is 1.03 bits per heavy atom. The third-order valence-corrected chi connectivity index (χ3v) is 6.73. The number of halogens is 1. The van der Waals surface area contributed by atoms with Gasteiger partial charge in [-0.3, -0.25) is 9.69 Å². The summed E-state index contributed by atoms with van der Waals surface area (Å²) in [7, 11) is 0. The molecule has 33 heavy (non-hydrogen) atoms. The minimum absolute atomic E-state index is 0.0156. The highest BCUT2D eigenvalue weighted by molar-refractivity contribution is 7.13. The van der Waals surface area contributed by atoms with Gasteiger partial charge in [-0.15, -0.1) is 11.3 Å². The van der Waals surface area contributed by atoms with E-state index >= 15 is 0 Å². The van der Waals surface area contributed by atoms with E-state index in [-0.39, 0.29) is 11.7 Å². The van der Waals surface area contributed by atoms with Crippen LogP contribution < -0.4 is 9.80 Å². The van der Waals surface area contributed by atoms with Crippen molar-refractivity contribution < 1.29 is 9.18 Å². The maximum atomic E-state index is 13.4. The van der Waals surface area contributed by atoms with Gasteiger partial charge in [-0.1, -0.05) is 51.1 Å². The van der Waals surface area contributed by atoms with Crippen LogP contribution in [-0.2, 0) is 17.9 Å². The molecule has 4 rings (SSSR count). The van der Waals surface area contributed by atoms with E-state index in [1.54, 1.807) is 28.4 Å². The molecular formula is C26H31FN4OS. The lowest BCUT2D eigenvalue weighted by atomic mass is 9.94. The van der Waals surface area contributed by atoms with Gasteiger partial charge < -0.3 is 9.80 Å². The molecule has 0 unspecified atom stereocenters. The Kier molecular flexibility index (Phi) is 7.10. The third kappa shape index (κ3) is 5.97. The van der Waals surface area contributed by atoms with Gasteiger partial charge in [0.05, 0.1) is 12.2 Å². The zero-order chi connectivity index (χ0) is 23.4. The molecule has 174 valence electrons. The molecule has 1 amide bonds. The van der Waals surface area contributed by atoms with Gasteiger partial charge in [-0.05, 0) is 29.8 Å². The van der Waals surface area contributed by atoms with E-state index in [9.17, 15) is 9.18 Å². The number of piperazine rings is 1. The lowest BCUT2D eigenvalue weighted by Gasteiger charge is -2.34. The largest absolute Gasteiger partial charge is 0.346 e. The van der Waals surface area contributed by atoms with E-state index in [0.717, 1.165) is 43.5 Å². The van der Waals surface area contributed by atoms with Crippen molar-refractivity contribution in [3.05, 3.63) is 77.1 Å². The van der Waals surface area contributed by atoms with Gasteiger partial charge in [0.15, 0.2) is 5.13 Å². The van der Waals surface area contributed by atoms with Crippen LogP contribution in [0.15, 0.2) is 60.0 Å². The topological polar surface area (TPSA) is 39.7 Å². The zero-order valence-corrected chi connectivity index (χ0v) is 20.3. The van der Waals surface area contributed by atoms with E-state index in [2.05, 4.69) is 34.1 Å². The van der Waals surface area contributed by atoms with Crippen LogP contribution in [0.4, 0.5) is 15.2 Å². The Balaban J connectivity index is 1.41. The van der Waals surface area contributed by atoms with Crippen molar-refractivity contribution >= 4 is 28.1 Å². The predicted octanol–water partition coefficient (Wildman–Crippen LogP) is 5.18. The minimum atomic E-state index is -0.553. The smallest absolute Gasteiger partial charge is 0.232 e. The lowest BCUT2D eigenvalue weighted by molar-refractivity contribution is -0.125. The summed E-state index contributed by atoms with van der Waals surface area (Å²) in [6, 6.07) is 16.6. The molecule has 0 bridgehead atoms. The summed E-state index contributed by atoms with van der Waals surface area (Å²) in [6.07, 6.45) is 0.